The fraction of sp³-hybridized carbons (Fsp3) is 0.625. The first kappa shape index (κ1) is 15.6. The Bertz CT molecular complexity index is 438. The number of hydrogen-bond donors (Lipinski definition) is 1. The van der Waals surface area contributed by atoms with Crippen LogP contribution in [0.4, 0.5) is 5.69 Å². The summed E-state index contributed by atoms with van der Waals surface area (Å²) in [7, 11) is 0. The van der Waals surface area contributed by atoms with Gasteiger partial charge in [-0.3, -0.25) is 0 Å². The molecule has 3 nitrogen and oxygen atoms in total. The first-order valence-corrected chi connectivity index (χ1v) is 7.89. The van der Waals surface area contributed by atoms with Crippen LogP contribution in [0.15, 0.2) is 18.2 Å². The van der Waals surface area contributed by atoms with E-state index in [9.17, 15) is 0 Å². The van der Waals surface area contributed by atoms with Crippen molar-refractivity contribution in [2.75, 3.05) is 31.1 Å². The average Bonchev–Trinajstić information content (AvgIpc) is 2.63. The molecule has 4 heteroatoms. The molecule has 2 rings (SSSR count). The van der Waals surface area contributed by atoms with Crippen molar-refractivity contribution in [1.29, 1.82) is 0 Å². The number of nitrogens with zero attached hydrogens (tertiary/aromatic N) is 1. The zero-order valence-electron chi connectivity index (χ0n) is 12.7. The summed E-state index contributed by atoms with van der Waals surface area (Å²) in [6.45, 7) is 10.1. The lowest BCUT2D eigenvalue weighted by atomic mass is 10.1. The summed E-state index contributed by atoms with van der Waals surface area (Å²) in [5.74, 6) is 0. The molecule has 1 heterocycles. The minimum atomic E-state index is 0.258. The van der Waals surface area contributed by atoms with Gasteiger partial charge < -0.3 is 15.0 Å². The smallest absolute Gasteiger partial charge is 0.0721 e. The first-order chi connectivity index (χ1) is 9.61. The van der Waals surface area contributed by atoms with Crippen molar-refractivity contribution in [1.82, 2.24) is 5.32 Å². The van der Waals surface area contributed by atoms with Crippen LogP contribution in [0.1, 0.15) is 38.8 Å². The van der Waals surface area contributed by atoms with Gasteiger partial charge in [0.2, 0.25) is 0 Å². The molecule has 1 fully saturated rings. The van der Waals surface area contributed by atoms with E-state index >= 15 is 0 Å². The van der Waals surface area contributed by atoms with Crippen LogP contribution in [0.2, 0.25) is 5.02 Å². The molecule has 0 aliphatic carbocycles. The quantitative estimate of drug-likeness (QED) is 0.918. The summed E-state index contributed by atoms with van der Waals surface area (Å²) in [5, 5.41) is 4.25. The predicted molar refractivity (Wildman–Crippen MR) is 85.8 cm³/mol. The number of halogens is 1. The summed E-state index contributed by atoms with van der Waals surface area (Å²) in [4.78, 5) is 2.34. The van der Waals surface area contributed by atoms with Gasteiger partial charge >= 0.3 is 0 Å². The highest BCUT2D eigenvalue weighted by molar-refractivity contribution is 6.33. The van der Waals surface area contributed by atoms with E-state index in [0.717, 1.165) is 43.4 Å². The molecule has 112 valence electrons. The van der Waals surface area contributed by atoms with E-state index < -0.39 is 0 Å². The van der Waals surface area contributed by atoms with Gasteiger partial charge in [-0.15, -0.1) is 0 Å². The summed E-state index contributed by atoms with van der Waals surface area (Å²) in [5.41, 5.74) is 2.36. The Kier molecular flexibility index (Phi) is 5.70. The minimum Gasteiger partial charge on any atom is -0.377 e. The molecular formula is C16H25ClN2O. The Morgan fingerprint density at radius 2 is 2.30 bits per heavy atom. The number of nitrogens with one attached hydrogen (secondary N) is 1. The maximum absolute atomic E-state index is 6.50. The third kappa shape index (κ3) is 3.87. The van der Waals surface area contributed by atoms with Gasteiger partial charge in [-0.2, -0.15) is 0 Å². The van der Waals surface area contributed by atoms with Crippen LogP contribution >= 0.6 is 11.6 Å². The van der Waals surface area contributed by atoms with E-state index in [1.54, 1.807) is 0 Å². The van der Waals surface area contributed by atoms with Gasteiger partial charge in [-0.05, 0) is 44.5 Å². The molecule has 0 amide bonds. The molecule has 1 aliphatic heterocycles. The number of hydrogen-bond acceptors (Lipinski definition) is 3. The van der Waals surface area contributed by atoms with Crippen molar-refractivity contribution in [2.45, 2.75) is 39.3 Å². The van der Waals surface area contributed by atoms with Gasteiger partial charge in [0.15, 0.2) is 0 Å². The molecule has 20 heavy (non-hydrogen) atoms. The monoisotopic (exact) mass is 296 g/mol. The molecular weight excluding hydrogens is 272 g/mol. The molecule has 0 bridgehead atoms. The maximum atomic E-state index is 6.50. The number of ether oxygens (including phenoxy) is 1. The standard InChI is InChI=1S/C16H25ClN2O/c1-4-18-13(3)14-6-7-16(15(17)10-14)19-8-5-9-20-12(2)11-19/h6-7,10,12-13,18H,4-5,8-9,11H2,1-3H3. The Hall–Kier alpha value is -0.770. The lowest BCUT2D eigenvalue weighted by molar-refractivity contribution is 0.0821. The van der Waals surface area contributed by atoms with Crippen molar-refractivity contribution in [3.63, 3.8) is 0 Å². The molecule has 0 aromatic heterocycles. The first-order valence-electron chi connectivity index (χ1n) is 7.51. The van der Waals surface area contributed by atoms with Crippen LogP contribution in [0.5, 0.6) is 0 Å². The summed E-state index contributed by atoms with van der Waals surface area (Å²) in [6, 6.07) is 6.73. The lowest BCUT2D eigenvalue weighted by Gasteiger charge is -2.26. The van der Waals surface area contributed by atoms with Gasteiger partial charge in [-0.25, -0.2) is 0 Å². The van der Waals surface area contributed by atoms with Crippen molar-refractivity contribution in [3.05, 3.63) is 28.8 Å². The Morgan fingerprint density at radius 3 is 3.00 bits per heavy atom. The zero-order valence-corrected chi connectivity index (χ0v) is 13.4. The highest BCUT2D eigenvalue weighted by atomic mass is 35.5. The molecule has 0 radical (unpaired) electrons. The van der Waals surface area contributed by atoms with E-state index in [0.29, 0.717) is 6.04 Å². The van der Waals surface area contributed by atoms with E-state index in [2.05, 4.69) is 49.2 Å². The fourth-order valence-electron chi connectivity index (χ4n) is 2.69. The topological polar surface area (TPSA) is 24.5 Å². The minimum absolute atomic E-state index is 0.258. The average molecular weight is 297 g/mol. The van der Waals surface area contributed by atoms with Crippen molar-refractivity contribution < 1.29 is 4.74 Å². The number of anilines is 1. The molecule has 1 saturated heterocycles. The van der Waals surface area contributed by atoms with Crippen LogP contribution in [0.3, 0.4) is 0 Å². The van der Waals surface area contributed by atoms with Crippen LogP contribution in [-0.4, -0.2) is 32.3 Å². The van der Waals surface area contributed by atoms with Gasteiger partial charge in [-0.1, -0.05) is 24.6 Å². The lowest BCUT2D eigenvalue weighted by Crippen LogP contribution is -2.30. The maximum Gasteiger partial charge on any atom is 0.0721 e. The molecule has 0 saturated carbocycles. The molecule has 0 spiro atoms. The second kappa shape index (κ2) is 7.30. The number of benzene rings is 1. The fourth-order valence-corrected chi connectivity index (χ4v) is 2.99. The van der Waals surface area contributed by atoms with E-state index in [4.69, 9.17) is 16.3 Å². The van der Waals surface area contributed by atoms with E-state index in [1.165, 1.54) is 5.56 Å². The molecule has 1 aliphatic rings. The SMILES string of the molecule is CCNC(C)c1ccc(N2CCCOC(C)C2)c(Cl)c1. The Balaban J connectivity index is 2.16. The van der Waals surface area contributed by atoms with Crippen LogP contribution < -0.4 is 10.2 Å². The molecule has 1 N–H and O–H groups in total. The van der Waals surface area contributed by atoms with Gasteiger partial charge in [0.1, 0.15) is 0 Å². The van der Waals surface area contributed by atoms with Gasteiger partial charge in [0.25, 0.3) is 0 Å². The van der Waals surface area contributed by atoms with E-state index in [1.807, 2.05) is 0 Å². The second-order valence-electron chi connectivity index (χ2n) is 5.47. The highest BCUT2D eigenvalue weighted by Gasteiger charge is 2.18. The Labute approximate surface area is 127 Å². The summed E-state index contributed by atoms with van der Waals surface area (Å²) >= 11 is 6.50. The molecule has 1 aromatic rings. The van der Waals surface area contributed by atoms with Crippen molar-refractivity contribution >= 4 is 17.3 Å². The molecule has 2 unspecified atom stereocenters. The normalized spacial score (nSPS) is 21.6. The third-order valence-electron chi connectivity index (χ3n) is 3.77. The van der Waals surface area contributed by atoms with E-state index in [-0.39, 0.29) is 6.10 Å². The second-order valence-corrected chi connectivity index (χ2v) is 5.88. The van der Waals surface area contributed by atoms with Gasteiger partial charge in [0.05, 0.1) is 16.8 Å². The van der Waals surface area contributed by atoms with Gasteiger partial charge in [0, 0.05) is 25.7 Å². The molecule has 2 atom stereocenters. The third-order valence-corrected chi connectivity index (χ3v) is 4.08. The summed E-state index contributed by atoms with van der Waals surface area (Å²) < 4.78 is 5.69. The van der Waals surface area contributed by atoms with Crippen LogP contribution in [0.25, 0.3) is 0 Å². The molecule has 1 aromatic carbocycles. The van der Waals surface area contributed by atoms with Crippen LogP contribution in [-0.2, 0) is 4.74 Å². The number of rotatable bonds is 4. The van der Waals surface area contributed by atoms with Crippen molar-refractivity contribution in [3.8, 4) is 0 Å². The van der Waals surface area contributed by atoms with Crippen molar-refractivity contribution in [2.24, 2.45) is 0 Å². The van der Waals surface area contributed by atoms with Crippen LogP contribution in [0, 0.1) is 0 Å². The summed E-state index contributed by atoms with van der Waals surface area (Å²) in [6.07, 6.45) is 1.31. The predicted octanol–water partition coefficient (Wildman–Crippen LogP) is 3.63. The zero-order chi connectivity index (χ0) is 14.5. The largest absolute Gasteiger partial charge is 0.377 e. The Morgan fingerprint density at radius 1 is 1.50 bits per heavy atom. The highest BCUT2D eigenvalue weighted by Crippen LogP contribution is 2.30.